The molecule has 5 aliphatic rings. The maximum absolute atomic E-state index is 13.2. The smallest absolute Gasteiger partial charge is 0.312 e. The Morgan fingerprint density at radius 2 is 2.00 bits per heavy atom. The van der Waals surface area contributed by atoms with Gasteiger partial charge in [-0.25, -0.2) is 0 Å². The Labute approximate surface area is 164 Å². The molecule has 0 aromatic carbocycles. The number of carbonyl (C=O) groups is 1. The van der Waals surface area contributed by atoms with E-state index < -0.39 is 42.3 Å². The fourth-order valence-corrected chi connectivity index (χ4v) is 6.21. The molecule has 0 unspecified atom stereocenters. The van der Waals surface area contributed by atoms with Crippen molar-refractivity contribution in [1.82, 2.24) is 0 Å². The van der Waals surface area contributed by atoms with Crippen LogP contribution in [0, 0.1) is 23.2 Å². The van der Waals surface area contributed by atoms with Crippen molar-refractivity contribution in [2.45, 2.75) is 69.9 Å². The Bertz CT molecular complexity index is 760. The summed E-state index contributed by atoms with van der Waals surface area (Å²) in [5, 5.41) is 31.4. The van der Waals surface area contributed by atoms with Gasteiger partial charge in [-0.1, -0.05) is 24.6 Å². The predicted octanol–water partition coefficient (Wildman–Crippen LogP) is 1.02. The molecule has 154 valence electrons. The molecule has 3 N–H and O–H groups in total. The van der Waals surface area contributed by atoms with Crippen LogP contribution in [0.15, 0.2) is 23.3 Å². The maximum atomic E-state index is 13.2. The van der Waals surface area contributed by atoms with Crippen molar-refractivity contribution in [3.8, 4) is 0 Å². The van der Waals surface area contributed by atoms with Gasteiger partial charge >= 0.3 is 5.97 Å². The summed E-state index contributed by atoms with van der Waals surface area (Å²) < 4.78 is 17.2. The molecule has 3 fully saturated rings. The zero-order valence-corrected chi connectivity index (χ0v) is 16.2. The molecular weight excluding hydrogens is 364 g/mol. The van der Waals surface area contributed by atoms with Crippen LogP contribution in [0.4, 0.5) is 0 Å². The molecule has 2 aliphatic carbocycles. The van der Waals surface area contributed by atoms with Gasteiger partial charge in [0.2, 0.25) is 0 Å². The van der Waals surface area contributed by atoms with E-state index >= 15 is 0 Å². The number of ether oxygens (including phenoxy) is 3. The van der Waals surface area contributed by atoms with Crippen molar-refractivity contribution in [3.63, 3.8) is 0 Å². The van der Waals surface area contributed by atoms with E-state index in [-0.39, 0.29) is 23.9 Å². The lowest BCUT2D eigenvalue weighted by Gasteiger charge is -2.50. The maximum Gasteiger partial charge on any atom is 0.312 e. The normalized spacial score (nSPS) is 54.8. The third-order valence-electron chi connectivity index (χ3n) is 7.79. The Morgan fingerprint density at radius 3 is 2.79 bits per heavy atom. The molecule has 7 heteroatoms. The highest BCUT2D eigenvalue weighted by molar-refractivity contribution is 5.75. The minimum Gasteiger partial charge on any atom is -0.459 e. The summed E-state index contributed by atoms with van der Waals surface area (Å²) in [5.74, 6) is -2.63. The van der Waals surface area contributed by atoms with Crippen molar-refractivity contribution in [2.75, 3.05) is 6.61 Å². The van der Waals surface area contributed by atoms with Crippen LogP contribution >= 0.6 is 0 Å². The van der Waals surface area contributed by atoms with Crippen molar-refractivity contribution in [1.29, 1.82) is 0 Å². The highest BCUT2D eigenvalue weighted by Crippen LogP contribution is 2.56. The van der Waals surface area contributed by atoms with Crippen molar-refractivity contribution < 1.29 is 34.3 Å². The average molecular weight is 392 g/mol. The third kappa shape index (κ3) is 2.50. The minimum absolute atomic E-state index is 0.172. The van der Waals surface area contributed by atoms with Crippen LogP contribution in [0.25, 0.3) is 0 Å². The molecule has 5 rings (SSSR count). The first kappa shape index (κ1) is 18.8. The van der Waals surface area contributed by atoms with Gasteiger partial charge in [-0.3, -0.25) is 4.79 Å². The zero-order chi connectivity index (χ0) is 19.8. The summed E-state index contributed by atoms with van der Waals surface area (Å²) in [7, 11) is 0. The van der Waals surface area contributed by atoms with Crippen LogP contribution in [-0.2, 0) is 19.0 Å². The first-order valence-corrected chi connectivity index (χ1v) is 10.2. The molecule has 1 saturated carbocycles. The Kier molecular flexibility index (Phi) is 4.10. The second-order valence-corrected chi connectivity index (χ2v) is 9.32. The van der Waals surface area contributed by atoms with E-state index in [0.29, 0.717) is 24.8 Å². The fraction of sp³-hybridized carbons (Fsp3) is 0.762. The van der Waals surface area contributed by atoms with Crippen LogP contribution in [-0.4, -0.2) is 58.3 Å². The quantitative estimate of drug-likeness (QED) is 0.418. The van der Waals surface area contributed by atoms with Crippen LogP contribution in [0.5, 0.6) is 0 Å². The van der Waals surface area contributed by atoms with E-state index in [1.165, 1.54) is 0 Å². The Morgan fingerprint density at radius 1 is 1.21 bits per heavy atom. The minimum atomic E-state index is -1.09. The second kappa shape index (κ2) is 6.12. The number of carbonyl (C=O) groups excluding carboxylic acids is 1. The Hall–Kier alpha value is -1.25. The lowest BCUT2D eigenvalue weighted by molar-refractivity contribution is -0.238. The molecule has 0 radical (unpaired) electrons. The largest absolute Gasteiger partial charge is 0.459 e. The molecule has 0 aromatic heterocycles. The van der Waals surface area contributed by atoms with E-state index in [1.54, 1.807) is 13.0 Å². The van der Waals surface area contributed by atoms with Crippen molar-refractivity contribution in [3.05, 3.63) is 23.3 Å². The summed E-state index contributed by atoms with van der Waals surface area (Å²) in [6, 6.07) is 0. The van der Waals surface area contributed by atoms with Gasteiger partial charge in [-0.2, -0.15) is 0 Å². The zero-order valence-electron chi connectivity index (χ0n) is 16.2. The van der Waals surface area contributed by atoms with E-state index in [4.69, 9.17) is 14.2 Å². The molecule has 3 aliphatic heterocycles. The number of hydrogen-bond donors (Lipinski definition) is 3. The highest BCUT2D eigenvalue weighted by Gasteiger charge is 2.61. The topological polar surface area (TPSA) is 105 Å². The summed E-state index contributed by atoms with van der Waals surface area (Å²) in [6.45, 7) is 4.08. The van der Waals surface area contributed by atoms with Crippen molar-refractivity contribution in [2.24, 2.45) is 23.2 Å². The first-order valence-electron chi connectivity index (χ1n) is 10.2. The van der Waals surface area contributed by atoms with Gasteiger partial charge in [0.25, 0.3) is 0 Å². The SMILES string of the molecule is C[C@@]12OC[C@H]3OC(=O)[C@H]4[C@H](O)C=C5C[C@@H](O)CC[C@]5(C)[C@H]4C/C=C(\[C@H](O)O1)[C@H]32. The number of aliphatic hydroxyl groups is 3. The third-order valence-corrected chi connectivity index (χ3v) is 7.79. The summed E-state index contributed by atoms with van der Waals surface area (Å²) in [6.07, 6.45) is 3.19. The van der Waals surface area contributed by atoms with Crippen LogP contribution in [0.2, 0.25) is 0 Å². The lowest BCUT2D eigenvalue weighted by Crippen LogP contribution is -2.50. The number of allylic oxidation sites excluding steroid dienone is 1. The monoisotopic (exact) mass is 392 g/mol. The molecule has 0 spiro atoms. The van der Waals surface area contributed by atoms with Crippen LogP contribution in [0.3, 0.4) is 0 Å². The van der Waals surface area contributed by atoms with Gasteiger partial charge < -0.3 is 29.5 Å². The second-order valence-electron chi connectivity index (χ2n) is 9.32. The van der Waals surface area contributed by atoms with Gasteiger partial charge in [0, 0.05) is 0 Å². The number of esters is 1. The van der Waals surface area contributed by atoms with Gasteiger partial charge in [-0.05, 0) is 49.5 Å². The van der Waals surface area contributed by atoms with E-state index in [1.807, 2.05) is 6.08 Å². The Balaban J connectivity index is 1.58. The van der Waals surface area contributed by atoms with Crippen LogP contribution in [0.1, 0.15) is 39.5 Å². The molecule has 3 heterocycles. The number of rotatable bonds is 0. The van der Waals surface area contributed by atoms with Crippen LogP contribution < -0.4 is 0 Å². The fourth-order valence-electron chi connectivity index (χ4n) is 6.21. The average Bonchev–Trinajstić information content (AvgIpc) is 3.07. The summed E-state index contributed by atoms with van der Waals surface area (Å²) in [5.41, 5.74) is 1.41. The number of aliphatic hydroxyl groups excluding tert-OH is 3. The number of hydrogen-bond acceptors (Lipinski definition) is 7. The molecule has 0 aromatic rings. The molecule has 9 atom stereocenters. The molecule has 7 nitrogen and oxygen atoms in total. The van der Waals surface area contributed by atoms with E-state index in [2.05, 4.69) is 6.92 Å². The molecule has 2 saturated heterocycles. The molecular formula is C21H28O7. The highest BCUT2D eigenvalue weighted by atomic mass is 16.8. The van der Waals surface area contributed by atoms with Gasteiger partial charge in [0.1, 0.15) is 6.10 Å². The van der Waals surface area contributed by atoms with Gasteiger partial charge in [0.15, 0.2) is 12.1 Å². The van der Waals surface area contributed by atoms with E-state index in [9.17, 15) is 20.1 Å². The van der Waals surface area contributed by atoms with Gasteiger partial charge in [0.05, 0.1) is 30.7 Å². The first-order chi connectivity index (χ1) is 13.2. The molecule has 0 amide bonds. The molecule has 0 bridgehead atoms. The molecule has 28 heavy (non-hydrogen) atoms. The summed E-state index contributed by atoms with van der Waals surface area (Å²) >= 11 is 0. The standard InChI is InChI=1S/C21H28O7/c1-20-6-5-11(22)7-10(20)8-14(23)16-13(20)4-3-12-17-15(27-19(16)25)9-26-21(17,2)28-18(12)24/h3,8,11,13-18,22-24H,4-7,9H2,1-2H3/b12-3-/t11-,13-,14+,15+,16+,17+,18+,20-,21+/m0/s1. The number of fused-ring (bicyclic) bond motifs is 3. The summed E-state index contributed by atoms with van der Waals surface area (Å²) in [4.78, 5) is 13.2. The van der Waals surface area contributed by atoms with E-state index in [0.717, 1.165) is 12.0 Å². The van der Waals surface area contributed by atoms with Crippen molar-refractivity contribution >= 4 is 5.97 Å². The predicted molar refractivity (Wildman–Crippen MR) is 96.6 cm³/mol. The lowest BCUT2D eigenvalue weighted by atomic mass is 9.55. The van der Waals surface area contributed by atoms with Gasteiger partial charge in [-0.15, -0.1) is 0 Å².